The molecule has 1 saturated heterocycles. The summed E-state index contributed by atoms with van der Waals surface area (Å²) in [6, 6.07) is 7.21. The van der Waals surface area contributed by atoms with E-state index in [4.69, 9.17) is 0 Å². The highest BCUT2D eigenvalue weighted by Gasteiger charge is 2.34. The minimum Gasteiger partial charge on any atom is -0.322 e. The Morgan fingerprint density at radius 3 is 2.61 bits per heavy atom. The second-order valence-corrected chi connectivity index (χ2v) is 9.09. The van der Waals surface area contributed by atoms with E-state index in [1.165, 1.54) is 30.6 Å². The molecule has 1 N–H and O–H groups in total. The maximum Gasteiger partial charge on any atom is 0.416 e. The predicted molar refractivity (Wildman–Crippen MR) is 135 cm³/mol. The number of hydrogen-bond acceptors (Lipinski definition) is 6. The maximum absolute atomic E-state index is 13.9. The Kier molecular flexibility index (Phi) is 7.09. The van der Waals surface area contributed by atoms with Crippen LogP contribution in [0.5, 0.6) is 0 Å². The lowest BCUT2D eigenvalue weighted by Crippen LogP contribution is -2.44. The first-order chi connectivity index (χ1) is 18.2. The van der Waals surface area contributed by atoms with Gasteiger partial charge >= 0.3 is 6.18 Å². The van der Waals surface area contributed by atoms with Crippen molar-refractivity contribution in [2.24, 2.45) is 0 Å². The van der Waals surface area contributed by atoms with Crippen LogP contribution in [-0.2, 0) is 12.7 Å². The molecule has 8 nitrogen and oxygen atoms in total. The van der Waals surface area contributed by atoms with Gasteiger partial charge in [-0.05, 0) is 30.8 Å². The number of halogens is 3. The smallest absolute Gasteiger partial charge is 0.322 e. The molecule has 1 fully saturated rings. The Labute approximate surface area is 217 Å². The highest BCUT2D eigenvalue weighted by Crippen LogP contribution is 2.34. The number of fused-ring (bicyclic) bond motifs is 1. The fourth-order valence-corrected chi connectivity index (χ4v) is 4.16. The molecule has 0 aliphatic carbocycles. The van der Waals surface area contributed by atoms with Crippen molar-refractivity contribution in [2.75, 3.05) is 38.5 Å². The first kappa shape index (κ1) is 25.4. The van der Waals surface area contributed by atoms with Crippen molar-refractivity contribution in [1.82, 2.24) is 29.4 Å². The second-order valence-electron chi connectivity index (χ2n) is 9.09. The van der Waals surface area contributed by atoms with Gasteiger partial charge in [-0.3, -0.25) is 14.7 Å². The van der Waals surface area contributed by atoms with E-state index in [2.05, 4.69) is 37.1 Å². The monoisotopic (exact) mass is 519 g/mol. The lowest BCUT2D eigenvalue weighted by atomic mass is 10.0. The highest BCUT2D eigenvalue weighted by atomic mass is 19.4. The molecule has 4 heterocycles. The predicted octanol–water partition coefficient (Wildman–Crippen LogP) is 3.54. The zero-order chi connectivity index (χ0) is 26.7. The van der Waals surface area contributed by atoms with Crippen LogP contribution in [0.3, 0.4) is 0 Å². The van der Waals surface area contributed by atoms with Gasteiger partial charge < -0.3 is 10.2 Å². The molecule has 1 aliphatic heterocycles. The third kappa shape index (κ3) is 5.99. The maximum atomic E-state index is 13.9. The van der Waals surface area contributed by atoms with Crippen molar-refractivity contribution in [1.29, 1.82) is 0 Å². The molecule has 0 bridgehead atoms. The molecule has 11 heteroatoms. The van der Waals surface area contributed by atoms with Crippen molar-refractivity contribution in [2.45, 2.75) is 12.7 Å². The number of nitrogens with zero attached hydrogens (tertiary/aromatic N) is 6. The van der Waals surface area contributed by atoms with E-state index in [-0.39, 0.29) is 23.4 Å². The molecule has 0 spiro atoms. The van der Waals surface area contributed by atoms with Crippen molar-refractivity contribution < 1.29 is 18.0 Å². The van der Waals surface area contributed by atoms with E-state index in [0.29, 0.717) is 29.9 Å². The molecule has 1 aromatic carbocycles. The molecule has 0 saturated carbocycles. The number of hydrogen-bond donors (Lipinski definition) is 1. The number of amides is 1. The number of piperazine rings is 1. The molecule has 1 aliphatic rings. The van der Waals surface area contributed by atoms with E-state index in [1.54, 1.807) is 29.2 Å². The van der Waals surface area contributed by atoms with Crippen LogP contribution >= 0.6 is 0 Å². The van der Waals surface area contributed by atoms with Crippen molar-refractivity contribution in [3.63, 3.8) is 0 Å². The van der Waals surface area contributed by atoms with Crippen LogP contribution in [0.4, 0.5) is 18.9 Å². The minimum atomic E-state index is -4.55. The number of rotatable bonds is 4. The van der Waals surface area contributed by atoms with Crippen LogP contribution in [-0.4, -0.2) is 68.5 Å². The summed E-state index contributed by atoms with van der Waals surface area (Å²) in [6.45, 7) is 3.22. The van der Waals surface area contributed by atoms with Gasteiger partial charge in [0.1, 0.15) is 0 Å². The molecule has 0 atom stereocenters. The Balaban J connectivity index is 1.31. The first-order valence-electron chi connectivity index (χ1n) is 11.9. The summed E-state index contributed by atoms with van der Waals surface area (Å²) in [5.41, 5.74) is 1.43. The van der Waals surface area contributed by atoms with Gasteiger partial charge in [0.05, 0.1) is 22.9 Å². The normalized spacial score (nSPS) is 14.7. The summed E-state index contributed by atoms with van der Waals surface area (Å²) >= 11 is 0. The topological polar surface area (TPSA) is 78.7 Å². The summed E-state index contributed by atoms with van der Waals surface area (Å²) in [6.07, 6.45) is 3.26. The van der Waals surface area contributed by atoms with Gasteiger partial charge in [0.2, 0.25) is 0 Å². The minimum absolute atomic E-state index is 0.0551. The van der Waals surface area contributed by atoms with E-state index >= 15 is 0 Å². The Morgan fingerprint density at radius 1 is 1.03 bits per heavy atom. The van der Waals surface area contributed by atoms with Crippen LogP contribution < -0.4 is 5.32 Å². The standard InChI is InChI=1S/C27H24F3N7O/c1-35-8-10-36(11-9-35)18-21-4-5-23(13-24(21)27(28,29)30)34-26(38)22-12-19(14-31-16-22)2-3-20-15-32-25-6-7-33-37(25)17-20/h4-7,12-17H,8-11,18H2,1H3,(H,34,38). The molecule has 0 unspecified atom stereocenters. The molecule has 0 radical (unpaired) electrons. The number of anilines is 1. The molecular formula is C27H24F3N7O. The SMILES string of the molecule is CN1CCN(Cc2ccc(NC(=O)c3cncc(C#Cc4cnc5ccnn5c4)c3)cc2C(F)(F)F)CC1. The zero-order valence-electron chi connectivity index (χ0n) is 20.5. The summed E-state index contributed by atoms with van der Waals surface area (Å²) in [5.74, 6) is 5.29. The zero-order valence-corrected chi connectivity index (χ0v) is 20.5. The lowest BCUT2D eigenvalue weighted by molar-refractivity contribution is -0.138. The van der Waals surface area contributed by atoms with Crippen LogP contribution in [0.15, 0.2) is 61.3 Å². The number of alkyl halides is 3. The van der Waals surface area contributed by atoms with Gasteiger partial charge in [0.15, 0.2) is 5.65 Å². The number of pyridine rings is 1. The number of benzene rings is 1. The average Bonchev–Trinajstić information content (AvgIpc) is 3.37. The van der Waals surface area contributed by atoms with E-state index in [0.717, 1.165) is 19.2 Å². The number of aromatic nitrogens is 4. The number of carbonyl (C=O) groups excluding carboxylic acids is 1. The Hall–Kier alpha value is -4.27. The van der Waals surface area contributed by atoms with Crippen molar-refractivity contribution in [3.8, 4) is 11.8 Å². The first-order valence-corrected chi connectivity index (χ1v) is 11.9. The van der Waals surface area contributed by atoms with Gasteiger partial charge in [0, 0.05) is 74.8 Å². The molecule has 194 valence electrons. The van der Waals surface area contributed by atoms with Gasteiger partial charge in [0.25, 0.3) is 5.91 Å². The number of carbonyl (C=O) groups is 1. The van der Waals surface area contributed by atoms with Crippen molar-refractivity contribution in [3.05, 3.63) is 89.1 Å². The van der Waals surface area contributed by atoms with E-state index in [1.807, 2.05) is 11.9 Å². The van der Waals surface area contributed by atoms with E-state index in [9.17, 15) is 18.0 Å². The molecular weight excluding hydrogens is 495 g/mol. The van der Waals surface area contributed by atoms with Gasteiger partial charge in [-0.1, -0.05) is 17.9 Å². The Bertz CT molecular complexity index is 1530. The number of likely N-dealkylation sites (N-methyl/N-ethyl adjacent to an activating group) is 1. The van der Waals surface area contributed by atoms with Gasteiger partial charge in [-0.15, -0.1) is 0 Å². The third-order valence-corrected chi connectivity index (χ3v) is 6.26. The molecule has 5 rings (SSSR count). The van der Waals surface area contributed by atoms with Gasteiger partial charge in [-0.2, -0.15) is 18.3 Å². The molecule has 38 heavy (non-hydrogen) atoms. The summed E-state index contributed by atoms with van der Waals surface area (Å²) in [4.78, 5) is 25.3. The summed E-state index contributed by atoms with van der Waals surface area (Å²) in [7, 11) is 1.99. The number of nitrogens with one attached hydrogen (secondary N) is 1. The van der Waals surface area contributed by atoms with Crippen LogP contribution in [0.1, 0.15) is 32.6 Å². The molecule has 4 aromatic rings. The summed E-state index contributed by atoms with van der Waals surface area (Å²) < 4.78 is 43.2. The largest absolute Gasteiger partial charge is 0.416 e. The average molecular weight is 520 g/mol. The fourth-order valence-electron chi connectivity index (χ4n) is 4.16. The van der Waals surface area contributed by atoms with Crippen LogP contribution in [0.25, 0.3) is 5.65 Å². The highest BCUT2D eigenvalue weighted by molar-refractivity contribution is 6.04. The molecule has 3 aromatic heterocycles. The van der Waals surface area contributed by atoms with Crippen LogP contribution in [0, 0.1) is 11.8 Å². The quantitative estimate of drug-likeness (QED) is 0.416. The Morgan fingerprint density at radius 2 is 1.82 bits per heavy atom. The van der Waals surface area contributed by atoms with E-state index < -0.39 is 17.6 Å². The van der Waals surface area contributed by atoms with Gasteiger partial charge in [-0.25, -0.2) is 9.50 Å². The lowest BCUT2D eigenvalue weighted by Gasteiger charge is -2.33. The third-order valence-electron chi connectivity index (χ3n) is 6.26. The van der Waals surface area contributed by atoms with Crippen LogP contribution in [0.2, 0.25) is 0 Å². The van der Waals surface area contributed by atoms with Crippen molar-refractivity contribution >= 4 is 17.2 Å². The summed E-state index contributed by atoms with van der Waals surface area (Å²) in [5, 5.41) is 6.67. The fraction of sp³-hybridized carbons (Fsp3) is 0.259. The second kappa shape index (κ2) is 10.6. The molecule has 1 amide bonds.